The van der Waals surface area contributed by atoms with Crippen molar-refractivity contribution in [3.05, 3.63) is 66.2 Å². The van der Waals surface area contributed by atoms with Crippen LogP contribution in [0.3, 0.4) is 0 Å². The van der Waals surface area contributed by atoms with Crippen LogP contribution in [0, 0.1) is 0 Å². The molecule has 0 saturated carbocycles. The molecule has 0 atom stereocenters. The fourth-order valence-electron chi connectivity index (χ4n) is 3.11. The lowest BCUT2D eigenvalue weighted by atomic mass is 9.99. The number of pyridine rings is 1. The summed E-state index contributed by atoms with van der Waals surface area (Å²) in [5, 5.41) is 4.11. The first-order valence-electron chi connectivity index (χ1n) is 7.58. The minimum atomic E-state index is 0.871. The van der Waals surface area contributed by atoms with E-state index in [9.17, 15) is 0 Å². The Kier molecular flexibility index (Phi) is 3.42. The van der Waals surface area contributed by atoms with Gasteiger partial charge in [-0.25, -0.2) is 0 Å². The second kappa shape index (κ2) is 5.72. The average molecular weight is 304 g/mol. The third-order valence-electron chi connectivity index (χ3n) is 4.17. The molecule has 2 heterocycles. The molecular formula is C19H16N2O2. The van der Waals surface area contributed by atoms with Crippen LogP contribution in [0.1, 0.15) is 17.5 Å². The Balaban J connectivity index is 1.77. The third-order valence-corrected chi connectivity index (χ3v) is 4.17. The molecule has 1 aliphatic carbocycles. The molecule has 0 amide bonds. The van der Waals surface area contributed by atoms with Crippen LogP contribution >= 0.6 is 0 Å². The Morgan fingerprint density at radius 3 is 2.70 bits per heavy atom. The number of nitrogens with zero attached hydrogens (tertiary/aromatic N) is 2. The molecule has 0 radical (unpaired) electrons. The molecule has 0 aliphatic heterocycles. The largest absolute Gasteiger partial charge is 0.464 e. The molecule has 0 saturated heterocycles. The van der Waals surface area contributed by atoms with Gasteiger partial charge in [-0.05, 0) is 42.2 Å². The van der Waals surface area contributed by atoms with E-state index in [1.54, 1.807) is 25.8 Å². The minimum Gasteiger partial charge on any atom is -0.464 e. The molecule has 0 fully saturated rings. The lowest BCUT2D eigenvalue weighted by Gasteiger charge is -2.06. The summed E-state index contributed by atoms with van der Waals surface area (Å²) < 4.78 is 5.71. The zero-order valence-corrected chi connectivity index (χ0v) is 12.8. The highest BCUT2D eigenvalue weighted by molar-refractivity contribution is 6.04. The summed E-state index contributed by atoms with van der Waals surface area (Å²) in [4.78, 5) is 8.99. The first-order chi connectivity index (χ1) is 11.4. The first-order valence-corrected chi connectivity index (χ1v) is 7.58. The van der Waals surface area contributed by atoms with E-state index in [1.807, 2.05) is 18.2 Å². The molecule has 1 aliphatic rings. The van der Waals surface area contributed by atoms with Crippen molar-refractivity contribution < 1.29 is 9.25 Å². The van der Waals surface area contributed by atoms with E-state index in [0.29, 0.717) is 0 Å². The summed E-state index contributed by atoms with van der Waals surface area (Å²) in [5.41, 5.74) is 6.79. The van der Waals surface area contributed by atoms with Crippen molar-refractivity contribution in [1.29, 1.82) is 0 Å². The summed E-state index contributed by atoms with van der Waals surface area (Å²) in [6, 6.07) is 12.4. The maximum Gasteiger partial charge on any atom is 0.141 e. The molecule has 23 heavy (non-hydrogen) atoms. The van der Waals surface area contributed by atoms with Crippen molar-refractivity contribution in [3.8, 4) is 22.5 Å². The topological polar surface area (TPSA) is 47.6 Å². The standard InChI is InChI=1S/C19H16N2O2/c1-22-21-18-5-3-14-12-15(2-4-16(14)18)17-8-11-23-19(17)13-6-9-20-10-7-13/h2,4,6-12H,3,5H2,1H3. The van der Waals surface area contributed by atoms with Gasteiger partial charge in [0, 0.05) is 29.1 Å². The van der Waals surface area contributed by atoms with Gasteiger partial charge in [0.1, 0.15) is 12.9 Å². The van der Waals surface area contributed by atoms with E-state index in [-0.39, 0.29) is 0 Å². The minimum absolute atomic E-state index is 0.871. The van der Waals surface area contributed by atoms with Crippen molar-refractivity contribution in [2.24, 2.45) is 5.16 Å². The van der Waals surface area contributed by atoms with Crippen molar-refractivity contribution in [2.45, 2.75) is 12.8 Å². The Hall–Kier alpha value is -2.88. The number of benzene rings is 1. The second-order valence-electron chi connectivity index (χ2n) is 5.49. The first kappa shape index (κ1) is 13.8. The van der Waals surface area contributed by atoms with Crippen LogP contribution < -0.4 is 0 Å². The fourth-order valence-corrected chi connectivity index (χ4v) is 3.11. The molecule has 4 nitrogen and oxygen atoms in total. The van der Waals surface area contributed by atoms with Crippen molar-refractivity contribution >= 4 is 5.71 Å². The lowest BCUT2D eigenvalue weighted by molar-refractivity contribution is 0.213. The maximum absolute atomic E-state index is 5.71. The normalized spacial score (nSPS) is 14.9. The van der Waals surface area contributed by atoms with Gasteiger partial charge in [0.25, 0.3) is 0 Å². The lowest BCUT2D eigenvalue weighted by Crippen LogP contribution is -1.95. The van der Waals surface area contributed by atoms with Crippen LogP contribution in [0.5, 0.6) is 0 Å². The second-order valence-corrected chi connectivity index (χ2v) is 5.49. The van der Waals surface area contributed by atoms with Crippen molar-refractivity contribution in [2.75, 3.05) is 7.11 Å². The summed E-state index contributed by atoms with van der Waals surface area (Å²) in [6.07, 6.45) is 7.20. The Bertz CT molecular complexity index is 866. The van der Waals surface area contributed by atoms with Gasteiger partial charge >= 0.3 is 0 Å². The van der Waals surface area contributed by atoms with Crippen LogP contribution in [0.25, 0.3) is 22.5 Å². The molecule has 4 heteroatoms. The smallest absolute Gasteiger partial charge is 0.141 e. The predicted molar refractivity (Wildman–Crippen MR) is 89.2 cm³/mol. The van der Waals surface area contributed by atoms with Gasteiger partial charge in [-0.2, -0.15) is 0 Å². The van der Waals surface area contributed by atoms with Crippen LogP contribution in [0.4, 0.5) is 0 Å². The number of aryl methyl sites for hydroxylation is 1. The zero-order valence-electron chi connectivity index (χ0n) is 12.8. The number of aromatic nitrogens is 1. The summed E-state index contributed by atoms with van der Waals surface area (Å²) in [6.45, 7) is 0. The molecule has 4 rings (SSSR count). The van der Waals surface area contributed by atoms with Crippen LogP contribution in [-0.2, 0) is 11.3 Å². The number of rotatable bonds is 3. The van der Waals surface area contributed by atoms with Gasteiger partial charge in [-0.3, -0.25) is 4.98 Å². The highest BCUT2D eigenvalue weighted by Crippen LogP contribution is 2.35. The highest BCUT2D eigenvalue weighted by atomic mass is 16.6. The fraction of sp³-hybridized carbons (Fsp3) is 0.158. The van der Waals surface area contributed by atoms with Gasteiger partial charge in [-0.1, -0.05) is 23.4 Å². The molecule has 1 aromatic carbocycles. The van der Waals surface area contributed by atoms with Crippen LogP contribution in [-0.4, -0.2) is 17.8 Å². The number of hydrogen-bond acceptors (Lipinski definition) is 4. The Labute approximate surface area is 134 Å². The Morgan fingerprint density at radius 2 is 1.87 bits per heavy atom. The molecule has 114 valence electrons. The van der Waals surface area contributed by atoms with E-state index < -0.39 is 0 Å². The molecule has 0 bridgehead atoms. The quantitative estimate of drug-likeness (QED) is 0.678. The molecule has 0 spiro atoms. The highest BCUT2D eigenvalue weighted by Gasteiger charge is 2.20. The molecule has 3 aromatic rings. The van der Waals surface area contributed by atoms with E-state index >= 15 is 0 Å². The Morgan fingerprint density at radius 1 is 1.00 bits per heavy atom. The molecule has 0 unspecified atom stereocenters. The average Bonchev–Trinajstić information content (AvgIpc) is 3.23. The van der Waals surface area contributed by atoms with Crippen LogP contribution in [0.2, 0.25) is 0 Å². The van der Waals surface area contributed by atoms with Crippen molar-refractivity contribution in [3.63, 3.8) is 0 Å². The molecular weight excluding hydrogens is 288 g/mol. The molecule has 2 aromatic heterocycles. The van der Waals surface area contributed by atoms with Crippen LogP contribution in [0.15, 0.2) is 64.6 Å². The van der Waals surface area contributed by atoms with E-state index in [4.69, 9.17) is 9.25 Å². The SMILES string of the molecule is CON=C1CCc2cc(-c3ccoc3-c3ccncc3)ccc21. The number of furan rings is 1. The number of oxime groups is 1. The summed E-state index contributed by atoms with van der Waals surface area (Å²) >= 11 is 0. The molecule has 0 N–H and O–H groups in total. The van der Waals surface area contributed by atoms with Gasteiger partial charge < -0.3 is 9.25 Å². The number of fused-ring (bicyclic) bond motifs is 1. The van der Waals surface area contributed by atoms with E-state index in [2.05, 4.69) is 28.3 Å². The van der Waals surface area contributed by atoms with Gasteiger partial charge in [0.15, 0.2) is 0 Å². The van der Waals surface area contributed by atoms with E-state index in [0.717, 1.165) is 41.0 Å². The van der Waals surface area contributed by atoms with Gasteiger partial charge in [0.2, 0.25) is 0 Å². The third kappa shape index (κ3) is 2.42. The zero-order chi connectivity index (χ0) is 15.6. The maximum atomic E-state index is 5.71. The monoisotopic (exact) mass is 304 g/mol. The summed E-state index contributed by atoms with van der Waals surface area (Å²) in [5.74, 6) is 0.871. The summed E-state index contributed by atoms with van der Waals surface area (Å²) in [7, 11) is 1.59. The van der Waals surface area contributed by atoms with Gasteiger partial charge in [-0.15, -0.1) is 0 Å². The van der Waals surface area contributed by atoms with Gasteiger partial charge in [0.05, 0.1) is 12.0 Å². The van der Waals surface area contributed by atoms with Crippen molar-refractivity contribution in [1.82, 2.24) is 4.98 Å². The predicted octanol–water partition coefficient (Wildman–Crippen LogP) is 4.31. The number of hydrogen-bond donors (Lipinski definition) is 0. The van der Waals surface area contributed by atoms with E-state index in [1.165, 1.54) is 11.1 Å².